The minimum atomic E-state index is -0.144. The van der Waals surface area contributed by atoms with Crippen LogP contribution in [0.5, 0.6) is 0 Å². The van der Waals surface area contributed by atoms with E-state index in [1.54, 1.807) is 13.3 Å². The van der Waals surface area contributed by atoms with E-state index in [2.05, 4.69) is 34.1 Å². The Hall–Kier alpha value is -1.44. The van der Waals surface area contributed by atoms with Gasteiger partial charge in [0.25, 0.3) is 0 Å². The molecule has 1 aliphatic heterocycles. The minimum absolute atomic E-state index is 0.0373. The van der Waals surface area contributed by atoms with E-state index in [0.717, 1.165) is 58.0 Å². The van der Waals surface area contributed by atoms with Gasteiger partial charge < -0.3 is 15.0 Å². The number of nitrogens with one attached hydrogen (secondary N) is 1. The van der Waals surface area contributed by atoms with Crippen molar-refractivity contribution in [3.05, 3.63) is 12.3 Å². The summed E-state index contributed by atoms with van der Waals surface area (Å²) >= 11 is 0. The van der Waals surface area contributed by atoms with Gasteiger partial charge in [-0.2, -0.15) is 5.10 Å². The molecular formula is C18H33N5O2. The lowest BCUT2D eigenvalue weighted by Crippen LogP contribution is -2.44. The van der Waals surface area contributed by atoms with Gasteiger partial charge in [-0.15, -0.1) is 0 Å². The van der Waals surface area contributed by atoms with Crippen LogP contribution in [0, 0.1) is 0 Å². The molecule has 0 unspecified atom stereocenters. The minimum Gasteiger partial charge on any atom is -0.385 e. The lowest BCUT2D eigenvalue weighted by Gasteiger charge is -2.27. The van der Waals surface area contributed by atoms with Crippen LogP contribution in [-0.4, -0.2) is 78.0 Å². The van der Waals surface area contributed by atoms with Gasteiger partial charge in [-0.3, -0.25) is 9.69 Å². The fourth-order valence-corrected chi connectivity index (χ4v) is 3.26. The highest BCUT2D eigenvalue weighted by molar-refractivity contribution is 5.93. The molecule has 1 aliphatic rings. The number of anilines is 1. The Kier molecular flexibility index (Phi) is 7.87. The molecule has 1 aromatic heterocycles. The maximum atomic E-state index is 12.7. The van der Waals surface area contributed by atoms with E-state index in [4.69, 9.17) is 4.74 Å². The summed E-state index contributed by atoms with van der Waals surface area (Å²) in [6.45, 7) is 12.0. The molecule has 0 saturated carbocycles. The molecule has 1 fully saturated rings. The van der Waals surface area contributed by atoms with E-state index in [0.29, 0.717) is 0 Å². The predicted molar refractivity (Wildman–Crippen MR) is 99.8 cm³/mol. The van der Waals surface area contributed by atoms with Crippen LogP contribution < -0.4 is 5.32 Å². The standard InChI is InChI=1S/C18H33N5O2/c1-15(2)23-17(7-8-19-23)20-18(24)16(3)22-11-5-9-21(12-13-22)10-6-14-25-4/h7-8,15-16H,5-6,9-14H2,1-4H3,(H,20,24)/t16-/m0/s1. The predicted octanol–water partition coefficient (Wildman–Crippen LogP) is 1.84. The lowest BCUT2D eigenvalue weighted by molar-refractivity contribution is -0.120. The van der Waals surface area contributed by atoms with Gasteiger partial charge in [0.2, 0.25) is 5.91 Å². The van der Waals surface area contributed by atoms with Crippen LogP contribution in [-0.2, 0) is 9.53 Å². The highest BCUT2D eigenvalue weighted by Crippen LogP contribution is 2.15. The summed E-state index contributed by atoms with van der Waals surface area (Å²) in [7, 11) is 1.75. The van der Waals surface area contributed by atoms with Crippen molar-refractivity contribution in [3.8, 4) is 0 Å². The molecule has 1 atom stereocenters. The first-order chi connectivity index (χ1) is 12.0. The summed E-state index contributed by atoms with van der Waals surface area (Å²) in [5.41, 5.74) is 0. The Bertz CT molecular complexity index is 531. The molecule has 1 aromatic rings. The molecule has 0 spiro atoms. The van der Waals surface area contributed by atoms with E-state index in [1.807, 2.05) is 17.7 Å². The van der Waals surface area contributed by atoms with Gasteiger partial charge in [-0.25, -0.2) is 4.68 Å². The summed E-state index contributed by atoms with van der Waals surface area (Å²) in [5.74, 6) is 0.804. The maximum Gasteiger partial charge on any atom is 0.242 e. The lowest BCUT2D eigenvalue weighted by atomic mass is 10.2. The molecule has 0 radical (unpaired) electrons. The van der Waals surface area contributed by atoms with Gasteiger partial charge in [0.15, 0.2) is 0 Å². The molecule has 7 heteroatoms. The van der Waals surface area contributed by atoms with E-state index < -0.39 is 0 Å². The summed E-state index contributed by atoms with van der Waals surface area (Å²) in [6.07, 6.45) is 3.88. The fourth-order valence-electron chi connectivity index (χ4n) is 3.26. The quantitative estimate of drug-likeness (QED) is 0.724. The van der Waals surface area contributed by atoms with Gasteiger partial charge in [-0.1, -0.05) is 0 Å². The van der Waals surface area contributed by atoms with Crippen LogP contribution in [0.1, 0.15) is 39.7 Å². The fraction of sp³-hybridized carbons (Fsp3) is 0.778. The first kappa shape index (κ1) is 19.9. The molecule has 0 aliphatic carbocycles. The molecule has 1 amide bonds. The van der Waals surface area contributed by atoms with Crippen molar-refractivity contribution in [2.45, 2.75) is 45.7 Å². The Morgan fingerprint density at radius 1 is 1.28 bits per heavy atom. The first-order valence-corrected chi connectivity index (χ1v) is 9.32. The molecular weight excluding hydrogens is 318 g/mol. The normalized spacial score (nSPS) is 18.3. The van der Waals surface area contributed by atoms with Crippen molar-refractivity contribution in [2.24, 2.45) is 0 Å². The molecule has 142 valence electrons. The zero-order chi connectivity index (χ0) is 18.2. The van der Waals surface area contributed by atoms with Gasteiger partial charge in [0.1, 0.15) is 5.82 Å². The van der Waals surface area contributed by atoms with E-state index in [9.17, 15) is 4.79 Å². The molecule has 1 N–H and O–H groups in total. The topological polar surface area (TPSA) is 62.6 Å². The molecule has 0 aromatic carbocycles. The Balaban J connectivity index is 1.86. The van der Waals surface area contributed by atoms with Crippen molar-refractivity contribution >= 4 is 11.7 Å². The van der Waals surface area contributed by atoms with Gasteiger partial charge >= 0.3 is 0 Å². The van der Waals surface area contributed by atoms with Crippen molar-refractivity contribution < 1.29 is 9.53 Å². The van der Waals surface area contributed by atoms with E-state index in [-0.39, 0.29) is 18.0 Å². The second-order valence-corrected chi connectivity index (χ2v) is 7.00. The number of carbonyl (C=O) groups excluding carboxylic acids is 1. The van der Waals surface area contributed by atoms with Crippen molar-refractivity contribution in [1.29, 1.82) is 0 Å². The van der Waals surface area contributed by atoms with Gasteiger partial charge in [-0.05, 0) is 40.2 Å². The number of hydrogen-bond donors (Lipinski definition) is 1. The summed E-state index contributed by atoms with van der Waals surface area (Å²) < 4.78 is 6.97. The van der Waals surface area contributed by atoms with Crippen LogP contribution in [0.25, 0.3) is 0 Å². The largest absolute Gasteiger partial charge is 0.385 e. The zero-order valence-corrected chi connectivity index (χ0v) is 16.1. The number of ether oxygens (including phenoxy) is 1. The summed E-state index contributed by atoms with van der Waals surface area (Å²) in [4.78, 5) is 17.4. The molecule has 7 nitrogen and oxygen atoms in total. The molecule has 2 heterocycles. The Labute approximate surface area is 151 Å². The van der Waals surface area contributed by atoms with Crippen molar-refractivity contribution in [2.75, 3.05) is 51.8 Å². The second kappa shape index (κ2) is 9.89. The SMILES string of the molecule is COCCCN1CCCN([C@@H](C)C(=O)Nc2ccnn2C(C)C)CC1. The summed E-state index contributed by atoms with van der Waals surface area (Å²) in [5, 5.41) is 7.30. The summed E-state index contributed by atoms with van der Waals surface area (Å²) in [6, 6.07) is 1.93. The molecule has 25 heavy (non-hydrogen) atoms. The highest BCUT2D eigenvalue weighted by Gasteiger charge is 2.24. The molecule has 2 rings (SSSR count). The Morgan fingerprint density at radius 2 is 2.08 bits per heavy atom. The second-order valence-electron chi connectivity index (χ2n) is 7.00. The van der Waals surface area contributed by atoms with E-state index >= 15 is 0 Å². The third-order valence-electron chi connectivity index (χ3n) is 4.78. The van der Waals surface area contributed by atoms with Crippen LogP contribution >= 0.6 is 0 Å². The first-order valence-electron chi connectivity index (χ1n) is 9.32. The van der Waals surface area contributed by atoms with Crippen molar-refractivity contribution in [1.82, 2.24) is 19.6 Å². The van der Waals surface area contributed by atoms with E-state index in [1.165, 1.54) is 0 Å². The number of aromatic nitrogens is 2. The molecule has 1 saturated heterocycles. The number of nitrogens with zero attached hydrogens (tertiary/aromatic N) is 4. The number of hydrogen-bond acceptors (Lipinski definition) is 5. The van der Waals surface area contributed by atoms with Crippen LogP contribution in [0.4, 0.5) is 5.82 Å². The third-order valence-corrected chi connectivity index (χ3v) is 4.78. The Morgan fingerprint density at radius 3 is 2.80 bits per heavy atom. The highest BCUT2D eigenvalue weighted by atomic mass is 16.5. The average molecular weight is 351 g/mol. The number of methoxy groups -OCH3 is 1. The smallest absolute Gasteiger partial charge is 0.242 e. The van der Waals surface area contributed by atoms with Crippen LogP contribution in [0.15, 0.2) is 12.3 Å². The monoisotopic (exact) mass is 351 g/mol. The van der Waals surface area contributed by atoms with Gasteiger partial charge in [0, 0.05) is 52.0 Å². The van der Waals surface area contributed by atoms with Crippen molar-refractivity contribution in [3.63, 3.8) is 0 Å². The van der Waals surface area contributed by atoms with Gasteiger partial charge in [0.05, 0.1) is 12.2 Å². The number of carbonyl (C=O) groups is 1. The van der Waals surface area contributed by atoms with Crippen LogP contribution in [0.2, 0.25) is 0 Å². The van der Waals surface area contributed by atoms with Crippen LogP contribution in [0.3, 0.4) is 0 Å². The maximum absolute atomic E-state index is 12.7. The zero-order valence-electron chi connectivity index (χ0n) is 16.1. The number of rotatable bonds is 8. The molecule has 0 bridgehead atoms. The average Bonchev–Trinajstić information content (AvgIpc) is 2.92. The number of amides is 1. The third kappa shape index (κ3) is 5.80.